The van der Waals surface area contributed by atoms with Gasteiger partial charge in [-0.25, -0.2) is 9.97 Å². The molecule has 0 amide bonds. The molecule has 3 heteroatoms. The lowest BCUT2D eigenvalue weighted by molar-refractivity contribution is 1.19. The van der Waals surface area contributed by atoms with Crippen molar-refractivity contribution in [3.05, 3.63) is 200 Å². The first kappa shape index (κ1) is 32.2. The van der Waals surface area contributed by atoms with E-state index in [1.54, 1.807) is 0 Å². The fourth-order valence-corrected chi connectivity index (χ4v) is 10.4. The number of rotatable bonds is 4. The molecular weight excluding hydrogens is 715 g/mol. The van der Waals surface area contributed by atoms with Gasteiger partial charge in [-0.3, -0.25) is 0 Å². The third-order valence-corrected chi connectivity index (χ3v) is 12.8. The standard InChI is InChI=1S/C56H33N3/c1-3-35-48-32(2)49-50(33-17-6-4-7-18-33)37-22-10-11-23-38(37)51(34-19-8-5-9-20-34)53(49)43(48)31-42-36-21-12-15-28-46(36)59(56(35)42)47-30-29-41-52-39(47)24-16-25-40(52)54-55(41)58-45-27-14-13-26-44(45)57-54/h3-31H,1-2H2. The van der Waals surface area contributed by atoms with Gasteiger partial charge in [-0.05, 0) is 97.3 Å². The van der Waals surface area contributed by atoms with Crippen LogP contribution in [0.25, 0.3) is 128 Å². The Morgan fingerprint density at radius 3 is 1.66 bits per heavy atom. The number of benzene rings is 9. The van der Waals surface area contributed by atoms with Crippen molar-refractivity contribution in [3.8, 4) is 61.6 Å². The van der Waals surface area contributed by atoms with E-state index in [0.29, 0.717) is 0 Å². The van der Waals surface area contributed by atoms with Crippen LogP contribution < -0.4 is 0 Å². The monoisotopic (exact) mass is 747 g/mol. The lowest BCUT2D eigenvalue weighted by atomic mass is 9.83. The van der Waals surface area contributed by atoms with Crippen LogP contribution in [-0.2, 0) is 0 Å². The van der Waals surface area contributed by atoms with Gasteiger partial charge in [-0.1, -0.05) is 153 Å². The fourth-order valence-electron chi connectivity index (χ4n) is 10.4. The van der Waals surface area contributed by atoms with Crippen LogP contribution in [0.4, 0.5) is 0 Å². The van der Waals surface area contributed by atoms with Crippen molar-refractivity contribution in [1.82, 2.24) is 14.5 Å². The molecule has 2 aromatic heterocycles. The van der Waals surface area contributed by atoms with Crippen LogP contribution in [0.5, 0.6) is 0 Å². The molecule has 0 unspecified atom stereocenters. The van der Waals surface area contributed by atoms with Crippen LogP contribution in [-0.4, -0.2) is 14.5 Å². The molecule has 3 nitrogen and oxygen atoms in total. The van der Waals surface area contributed by atoms with E-state index in [2.05, 4.69) is 163 Å². The summed E-state index contributed by atoms with van der Waals surface area (Å²) in [6, 6.07) is 61.1. The van der Waals surface area contributed by atoms with Crippen molar-refractivity contribution in [3.63, 3.8) is 0 Å². The van der Waals surface area contributed by atoms with Gasteiger partial charge in [0.05, 0.1) is 39.1 Å². The number of hydrogen-bond acceptors (Lipinski definition) is 2. The topological polar surface area (TPSA) is 30.7 Å². The zero-order chi connectivity index (χ0) is 38.9. The Morgan fingerprint density at radius 1 is 0.441 bits per heavy atom. The maximum Gasteiger partial charge on any atom is 0.0979 e. The highest BCUT2D eigenvalue weighted by Gasteiger charge is 2.35. The molecule has 0 bridgehead atoms. The van der Waals surface area contributed by atoms with E-state index in [4.69, 9.17) is 16.5 Å². The van der Waals surface area contributed by atoms with E-state index in [0.717, 1.165) is 72.4 Å². The second-order valence-electron chi connectivity index (χ2n) is 15.7. The summed E-state index contributed by atoms with van der Waals surface area (Å²) < 4.78 is 2.47. The van der Waals surface area contributed by atoms with Crippen molar-refractivity contribution in [2.75, 3.05) is 0 Å². The lowest BCUT2D eigenvalue weighted by Crippen LogP contribution is -1.99. The average molecular weight is 748 g/mol. The first-order valence-electron chi connectivity index (χ1n) is 20.2. The Labute approximate surface area is 340 Å². The van der Waals surface area contributed by atoms with Crippen molar-refractivity contribution in [2.45, 2.75) is 0 Å². The molecular formula is C56H33N3. The molecule has 0 aliphatic heterocycles. The van der Waals surface area contributed by atoms with E-state index in [9.17, 15) is 0 Å². The largest absolute Gasteiger partial charge is 0.308 e. The number of hydrogen-bond donors (Lipinski definition) is 0. The zero-order valence-electron chi connectivity index (χ0n) is 32.0. The van der Waals surface area contributed by atoms with Crippen molar-refractivity contribution in [2.24, 2.45) is 0 Å². The normalized spacial score (nSPS) is 12.5. The summed E-state index contributed by atoms with van der Waals surface area (Å²) in [5.41, 5.74) is 21.0. The molecule has 272 valence electrons. The first-order valence-corrected chi connectivity index (χ1v) is 20.2. The molecule has 0 N–H and O–H groups in total. The Kier molecular flexibility index (Phi) is 6.46. The van der Waals surface area contributed by atoms with Crippen molar-refractivity contribution >= 4 is 66.0 Å². The summed E-state index contributed by atoms with van der Waals surface area (Å²) in [7, 11) is 0. The molecule has 9 aromatic carbocycles. The van der Waals surface area contributed by atoms with Crippen LogP contribution in [0.1, 0.15) is 16.7 Å². The Balaban J connectivity index is 1.16. The number of fused-ring (bicyclic) bond motifs is 11. The van der Waals surface area contributed by atoms with Gasteiger partial charge in [-0.15, -0.1) is 0 Å². The van der Waals surface area contributed by atoms with E-state index in [1.165, 1.54) is 65.9 Å². The molecule has 0 saturated heterocycles. The predicted octanol–water partition coefficient (Wildman–Crippen LogP) is 14.7. The third-order valence-electron chi connectivity index (χ3n) is 12.8. The maximum absolute atomic E-state index is 5.17. The van der Waals surface area contributed by atoms with Crippen molar-refractivity contribution < 1.29 is 0 Å². The fraction of sp³-hybridized carbons (Fsp3) is 0. The molecule has 0 saturated carbocycles. The molecule has 59 heavy (non-hydrogen) atoms. The molecule has 11 aromatic rings. The highest BCUT2D eigenvalue weighted by molar-refractivity contribution is 6.26. The SMILES string of the molecule is C=Cc1c2c(cc3c4ccccc4n(-c4ccc5c6c(cccc46)-c4nc6ccccc6nc4-5)c13)-c1c(c(-c3ccccc3)c3ccccc3c1-c1ccccc1)C2=C. The summed E-state index contributed by atoms with van der Waals surface area (Å²) in [6.07, 6.45) is 2.06. The van der Waals surface area contributed by atoms with Gasteiger partial charge in [-0.2, -0.15) is 0 Å². The molecule has 13 rings (SSSR count). The van der Waals surface area contributed by atoms with Gasteiger partial charge in [0, 0.05) is 38.2 Å². The zero-order valence-corrected chi connectivity index (χ0v) is 32.0. The molecule has 2 aliphatic rings. The van der Waals surface area contributed by atoms with E-state index in [1.807, 2.05) is 24.3 Å². The lowest BCUT2D eigenvalue weighted by Gasteiger charge is -2.20. The number of nitrogens with zero attached hydrogens (tertiary/aromatic N) is 3. The van der Waals surface area contributed by atoms with Gasteiger partial charge in [0.15, 0.2) is 0 Å². The van der Waals surface area contributed by atoms with Gasteiger partial charge in [0.2, 0.25) is 0 Å². The van der Waals surface area contributed by atoms with E-state index < -0.39 is 0 Å². The second-order valence-corrected chi connectivity index (χ2v) is 15.7. The predicted molar refractivity (Wildman–Crippen MR) is 248 cm³/mol. The summed E-state index contributed by atoms with van der Waals surface area (Å²) >= 11 is 0. The van der Waals surface area contributed by atoms with Crippen molar-refractivity contribution in [1.29, 1.82) is 0 Å². The van der Waals surface area contributed by atoms with Crippen LogP contribution in [0.15, 0.2) is 183 Å². The van der Waals surface area contributed by atoms with Gasteiger partial charge in [0.25, 0.3) is 0 Å². The molecule has 0 atom stereocenters. The summed E-state index contributed by atoms with van der Waals surface area (Å²) in [5.74, 6) is 0. The molecule has 2 heterocycles. The third kappa shape index (κ3) is 4.21. The Bertz CT molecular complexity index is 3640. The number of para-hydroxylation sites is 3. The summed E-state index contributed by atoms with van der Waals surface area (Å²) in [6.45, 7) is 9.55. The molecule has 0 fully saturated rings. The molecule has 0 spiro atoms. The Morgan fingerprint density at radius 2 is 1.00 bits per heavy atom. The van der Waals surface area contributed by atoms with E-state index in [-0.39, 0.29) is 0 Å². The van der Waals surface area contributed by atoms with Gasteiger partial charge >= 0.3 is 0 Å². The average Bonchev–Trinajstić information content (AvgIpc) is 3.90. The summed E-state index contributed by atoms with van der Waals surface area (Å²) in [5, 5.41) is 7.17. The van der Waals surface area contributed by atoms with Crippen LogP contribution in [0.3, 0.4) is 0 Å². The van der Waals surface area contributed by atoms with Gasteiger partial charge < -0.3 is 4.57 Å². The molecule has 0 radical (unpaired) electrons. The summed E-state index contributed by atoms with van der Waals surface area (Å²) in [4.78, 5) is 10.3. The minimum atomic E-state index is 0.906. The highest BCUT2D eigenvalue weighted by atomic mass is 15.0. The highest BCUT2D eigenvalue weighted by Crippen LogP contribution is 2.58. The minimum absolute atomic E-state index is 0.906. The second kappa shape index (κ2) is 11.8. The first-order chi connectivity index (χ1) is 29.2. The molecule has 2 aliphatic carbocycles. The smallest absolute Gasteiger partial charge is 0.0979 e. The van der Waals surface area contributed by atoms with E-state index >= 15 is 0 Å². The van der Waals surface area contributed by atoms with Crippen LogP contribution in [0.2, 0.25) is 0 Å². The minimum Gasteiger partial charge on any atom is -0.308 e. The quantitative estimate of drug-likeness (QED) is 0.179. The van der Waals surface area contributed by atoms with Gasteiger partial charge in [0.1, 0.15) is 0 Å². The number of aromatic nitrogens is 3. The van der Waals surface area contributed by atoms with Crippen LogP contribution in [0, 0.1) is 0 Å². The van der Waals surface area contributed by atoms with Crippen LogP contribution >= 0.6 is 0 Å². The maximum atomic E-state index is 5.17. The Hall–Kier alpha value is -7.88.